The maximum atomic E-state index is 5.57. The van der Waals surface area contributed by atoms with Crippen LogP contribution < -0.4 is 10.1 Å². The molecule has 0 saturated heterocycles. The van der Waals surface area contributed by atoms with Gasteiger partial charge in [0, 0.05) is 31.6 Å². The van der Waals surface area contributed by atoms with Crippen molar-refractivity contribution >= 4 is 5.95 Å². The number of hydrogen-bond donors (Lipinski definition) is 1. The van der Waals surface area contributed by atoms with Crippen molar-refractivity contribution in [2.45, 2.75) is 40.2 Å². The second kappa shape index (κ2) is 6.31. The highest BCUT2D eigenvalue weighted by atomic mass is 16.5. The monoisotopic (exact) mass is 277 g/mol. The summed E-state index contributed by atoms with van der Waals surface area (Å²) in [5.41, 5.74) is 0.855. The smallest absolute Gasteiger partial charge is 0.226 e. The van der Waals surface area contributed by atoms with E-state index in [-0.39, 0.29) is 6.10 Å². The molecule has 7 heteroatoms. The molecule has 0 fully saturated rings. The van der Waals surface area contributed by atoms with E-state index < -0.39 is 0 Å². The standard InChI is InChI=1S/C13H19N5O2/c1-8(2)19-12-7-9(3)15-13(17-12)14-6-5-11-16-10(4)20-18-11/h7-8H,5-6H2,1-4H3,(H,14,15,17). The van der Waals surface area contributed by atoms with Crippen LogP contribution in [0.4, 0.5) is 5.95 Å². The Morgan fingerprint density at radius 1 is 1.25 bits per heavy atom. The average molecular weight is 277 g/mol. The van der Waals surface area contributed by atoms with Crippen molar-refractivity contribution < 1.29 is 9.26 Å². The summed E-state index contributed by atoms with van der Waals surface area (Å²) in [6.07, 6.45) is 0.731. The summed E-state index contributed by atoms with van der Waals surface area (Å²) in [5.74, 6) is 2.35. The lowest BCUT2D eigenvalue weighted by Crippen LogP contribution is -2.12. The number of hydrogen-bond acceptors (Lipinski definition) is 7. The van der Waals surface area contributed by atoms with Crippen LogP contribution in [0.25, 0.3) is 0 Å². The van der Waals surface area contributed by atoms with Crippen molar-refractivity contribution in [2.24, 2.45) is 0 Å². The SMILES string of the molecule is Cc1cc(OC(C)C)nc(NCCc2noc(C)n2)n1. The lowest BCUT2D eigenvalue weighted by atomic mass is 10.4. The third kappa shape index (κ3) is 4.18. The van der Waals surface area contributed by atoms with Gasteiger partial charge in [-0.15, -0.1) is 0 Å². The van der Waals surface area contributed by atoms with Gasteiger partial charge in [-0.3, -0.25) is 0 Å². The third-order valence-corrected chi connectivity index (χ3v) is 2.39. The van der Waals surface area contributed by atoms with Gasteiger partial charge in [0.15, 0.2) is 5.82 Å². The summed E-state index contributed by atoms with van der Waals surface area (Å²) in [7, 11) is 0. The highest BCUT2D eigenvalue weighted by Crippen LogP contribution is 2.13. The molecular weight excluding hydrogens is 258 g/mol. The van der Waals surface area contributed by atoms with Gasteiger partial charge in [0.05, 0.1) is 6.10 Å². The minimum Gasteiger partial charge on any atom is -0.475 e. The molecule has 0 aliphatic heterocycles. The number of nitrogens with one attached hydrogen (secondary N) is 1. The van der Waals surface area contributed by atoms with E-state index in [9.17, 15) is 0 Å². The quantitative estimate of drug-likeness (QED) is 0.863. The molecule has 0 radical (unpaired) electrons. The van der Waals surface area contributed by atoms with Gasteiger partial charge in [-0.25, -0.2) is 4.98 Å². The fourth-order valence-corrected chi connectivity index (χ4v) is 1.65. The molecule has 0 spiro atoms. The fraction of sp³-hybridized carbons (Fsp3) is 0.538. The molecule has 0 bridgehead atoms. The normalized spacial score (nSPS) is 10.8. The van der Waals surface area contributed by atoms with Crippen LogP contribution in [0.1, 0.15) is 31.3 Å². The van der Waals surface area contributed by atoms with E-state index in [4.69, 9.17) is 9.26 Å². The van der Waals surface area contributed by atoms with Crippen LogP contribution >= 0.6 is 0 Å². The van der Waals surface area contributed by atoms with Crippen LogP contribution in [0.15, 0.2) is 10.6 Å². The number of anilines is 1. The summed E-state index contributed by atoms with van der Waals surface area (Å²) in [6.45, 7) is 8.22. The van der Waals surface area contributed by atoms with Crippen molar-refractivity contribution in [3.63, 3.8) is 0 Å². The molecule has 2 aromatic rings. The molecule has 7 nitrogen and oxygen atoms in total. The Hall–Kier alpha value is -2.18. The molecule has 0 amide bonds. The molecule has 20 heavy (non-hydrogen) atoms. The maximum Gasteiger partial charge on any atom is 0.226 e. The van der Waals surface area contributed by atoms with Crippen molar-refractivity contribution in [1.82, 2.24) is 20.1 Å². The first-order chi connectivity index (χ1) is 9.52. The first-order valence-corrected chi connectivity index (χ1v) is 6.58. The average Bonchev–Trinajstić information content (AvgIpc) is 2.73. The molecule has 0 atom stereocenters. The summed E-state index contributed by atoms with van der Waals surface area (Å²) in [6, 6.07) is 1.81. The Bertz CT molecular complexity index is 568. The van der Waals surface area contributed by atoms with Crippen LogP contribution in [0.3, 0.4) is 0 Å². The zero-order chi connectivity index (χ0) is 14.5. The summed E-state index contributed by atoms with van der Waals surface area (Å²) >= 11 is 0. The van der Waals surface area contributed by atoms with Gasteiger partial charge in [0.2, 0.25) is 17.7 Å². The van der Waals surface area contributed by atoms with Gasteiger partial charge in [-0.1, -0.05) is 5.16 Å². The number of aromatic nitrogens is 4. The molecule has 2 aromatic heterocycles. The minimum atomic E-state index is 0.0828. The zero-order valence-corrected chi connectivity index (χ0v) is 12.2. The van der Waals surface area contributed by atoms with Crippen molar-refractivity contribution in [3.05, 3.63) is 23.5 Å². The fourth-order valence-electron chi connectivity index (χ4n) is 1.65. The zero-order valence-electron chi connectivity index (χ0n) is 12.2. The van der Waals surface area contributed by atoms with E-state index >= 15 is 0 Å². The maximum absolute atomic E-state index is 5.57. The molecule has 0 aromatic carbocycles. The van der Waals surface area contributed by atoms with Crippen LogP contribution in [0, 0.1) is 13.8 Å². The van der Waals surface area contributed by atoms with E-state index in [1.165, 1.54) is 0 Å². The second-order valence-corrected chi connectivity index (χ2v) is 4.74. The molecule has 0 aliphatic carbocycles. The Morgan fingerprint density at radius 2 is 2.05 bits per heavy atom. The number of rotatable bonds is 6. The lowest BCUT2D eigenvalue weighted by Gasteiger charge is -2.11. The van der Waals surface area contributed by atoms with E-state index in [0.717, 1.165) is 5.69 Å². The Kier molecular flexibility index (Phi) is 4.49. The number of nitrogens with zero attached hydrogens (tertiary/aromatic N) is 4. The van der Waals surface area contributed by atoms with Gasteiger partial charge in [0.1, 0.15) is 0 Å². The van der Waals surface area contributed by atoms with Crippen LogP contribution in [0.5, 0.6) is 5.88 Å². The number of ether oxygens (including phenoxy) is 1. The Labute approximate surface area is 117 Å². The first-order valence-electron chi connectivity index (χ1n) is 6.58. The van der Waals surface area contributed by atoms with Gasteiger partial charge in [0.25, 0.3) is 0 Å². The highest BCUT2D eigenvalue weighted by molar-refractivity contribution is 5.30. The van der Waals surface area contributed by atoms with E-state index in [1.54, 1.807) is 6.92 Å². The molecule has 2 heterocycles. The minimum absolute atomic E-state index is 0.0828. The molecule has 1 N–H and O–H groups in total. The van der Waals surface area contributed by atoms with E-state index in [2.05, 4.69) is 25.4 Å². The van der Waals surface area contributed by atoms with Crippen molar-refractivity contribution in [2.75, 3.05) is 11.9 Å². The molecule has 0 unspecified atom stereocenters. The Balaban J connectivity index is 1.93. The van der Waals surface area contributed by atoms with Crippen LogP contribution in [0.2, 0.25) is 0 Å². The molecular formula is C13H19N5O2. The largest absolute Gasteiger partial charge is 0.475 e. The van der Waals surface area contributed by atoms with E-state index in [1.807, 2.05) is 26.8 Å². The predicted octanol–water partition coefficient (Wildman–Crippen LogP) is 1.92. The molecule has 0 aliphatic rings. The van der Waals surface area contributed by atoms with Crippen LogP contribution in [-0.2, 0) is 6.42 Å². The predicted molar refractivity (Wildman–Crippen MR) is 73.8 cm³/mol. The molecule has 0 saturated carbocycles. The third-order valence-electron chi connectivity index (χ3n) is 2.39. The lowest BCUT2D eigenvalue weighted by molar-refractivity contribution is 0.232. The summed E-state index contributed by atoms with van der Waals surface area (Å²) in [5, 5.41) is 6.96. The van der Waals surface area contributed by atoms with Crippen LogP contribution in [-0.4, -0.2) is 32.8 Å². The molecule has 108 valence electrons. The molecule has 2 rings (SSSR count). The van der Waals surface area contributed by atoms with Gasteiger partial charge < -0.3 is 14.6 Å². The van der Waals surface area contributed by atoms with E-state index in [0.29, 0.717) is 36.5 Å². The van der Waals surface area contributed by atoms with Gasteiger partial charge in [-0.05, 0) is 20.8 Å². The summed E-state index contributed by atoms with van der Waals surface area (Å²) in [4.78, 5) is 12.7. The summed E-state index contributed by atoms with van der Waals surface area (Å²) < 4.78 is 10.5. The van der Waals surface area contributed by atoms with Gasteiger partial charge in [-0.2, -0.15) is 9.97 Å². The topological polar surface area (TPSA) is 86.0 Å². The van der Waals surface area contributed by atoms with Crippen molar-refractivity contribution in [1.29, 1.82) is 0 Å². The van der Waals surface area contributed by atoms with Gasteiger partial charge >= 0.3 is 0 Å². The highest BCUT2D eigenvalue weighted by Gasteiger charge is 2.06. The van der Waals surface area contributed by atoms with Crippen molar-refractivity contribution in [3.8, 4) is 5.88 Å². The number of aryl methyl sites for hydroxylation is 2. The first kappa shape index (κ1) is 14.2. The second-order valence-electron chi connectivity index (χ2n) is 4.74. The Morgan fingerprint density at radius 3 is 2.70 bits per heavy atom.